The van der Waals surface area contributed by atoms with Crippen LogP contribution < -0.4 is 5.73 Å². The summed E-state index contributed by atoms with van der Waals surface area (Å²) < 4.78 is 0. The van der Waals surface area contributed by atoms with E-state index in [1.165, 1.54) is 24.1 Å². The number of hydrogen-bond acceptors (Lipinski definition) is 3. The van der Waals surface area contributed by atoms with E-state index < -0.39 is 0 Å². The number of amides is 1. The Balaban J connectivity index is 2.03. The van der Waals surface area contributed by atoms with Crippen LogP contribution in [0.5, 0.6) is 0 Å². The van der Waals surface area contributed by atoms with E-state index in [-0.39, 0.29) is 17.4 Å². The summed E-state index contributed by atoms with van der Waals surface area (Å²) in [5.41, 5.74) is 6.08. The molecule has 1 heterocycles. The molecule has 0 aliphatic heterocycles. The molecule has 21 heavy (non-hydrogen) atoms. The van der Waals surface area contributed by atoms with Crippen molar-refractivity contribution in [3.63, 3.8) is 0 Å². The lowest BCUT2D eigenvalue weighted by molar-refractivity contribution is -0.136. The molecule has 1 fully saturated rings. The average Bonchev–Trinajstić information content (AvgIpc) is 2.98. The van der Waals surface area contributed by atoms with Gasteiger partial charge in [-0.1, -0.05) is 25.3 Å². The molecule has 1 aromatic heterocycles. The molecule has 0 radical (unpaired) electrons. The van der Waals surface area contributed by atoms with Crippen LogP contribution in [0.4, 0.5) is 0 Å². The molecule has 3 nitrogen and oxygen atoms in total. The summed E-state index contributed by atoms with van der Waals surface area (Å²) in [4.78, 5) is 16.1. The maximum atomic E-state index is 12.8. The molecule has 0 unspecified atom stereocenters. The van der Waals surface area contributed by atoms with E-state index in [9.17, 15) is 4.79 Å². The number of carbonyl (C=O) groups is 1. The van der Waals surface area contributed by atoms with Crippen molar-refractivity contribution in [1.29, 1.82) is 0 Å². The Morgan fingerprint density at radius 2 is 2.10 bits per heavy atom. The van der Waals surface area contributed by atoms with Crippen LogP contribution in [0.25, 0.3) is 0 Å². The summed E-state index contributed by atoms with van der Waals surface area (Å²) in [7, 11) is 0. The highest BCUT2D eigenvalue weighted by molar-refractivity contribution is 7.09. The third kappa shape index (κ3) is 4.30. The van der Waals surface area contributed by atoms with Gasteiger partial charge in [0.15, 0.2) is 0 Å². The second-order valence-electron chi connectivity index (χ2n) is 6.64. The lowest BCUT2D eigenvalue weighted by atomic mass is 9.71. The van der Waals surface area contributed by atoms with Gasteiger partial charge >= 0.3 is 0 Å². The summed E-state index contributed by atoms with van der Waals surface area (Å²) >= 11 is 1.72. The van der Waals surface area contributed by atoms with Gasteiger partial charge in [0.05, 0.1) is 6.54 Å². The van der Waals surface area contributed by atoms with Gasteiger partial charge in [0, 0.05) is 17.3 Å². The van der Waals surface area contributed by atoms with Crippen LogP contribution in [0.15, 0.2) is 17.5 Å². The minimum Gasteiger partial charge on any atom is -0.335 e. The lowest BCUT2D eigenvalue weighted by Gasteiger charge is -2.38. The number of thiophene rings is 1. The molecule has 1 amide bonds. The zero-order valence-corrected chi connectivity index (χ0v) is 14.1. The largest absolute Gasteiger partial charge is 0.335 e. The van der Waals surface area contributed by atoms with Crippen molar-refractivity contribution >= 4 is 17.2 Å². The van der Waals surface area contributed by atoms with E-state index in [4.69, 9.17) is 5.73 Å². The third-order valence-corrected chi connectivity index (χ3v) is 5.58. The van der Waals surface area contributed by atoms with Crippen LogP contribution in [0.1, 0.15) is 57.2 Å². The molecule has 118 valence electrons. The van der Waals surface area contributed by atoms with Crippen LogP contribution in [0, 0.1) is 5.41 Å². The topological polar surface area (TPSA) is 46.3 Å². The maximum absolute atomic E-state index is 12.8. The summed E-state index contributed by atoms with van der Waals surface area (Å²) in [5, 5.41) is 2.07. The molecule has 0 bridgehead atoms. The average molecular weight is 308 g/mol. The molecular formula is C17H28N2OS. The van der Waals surface area contributed by atoms with E-state index in [1.54, 1.807) is 11.3 Å². The second-order valence-corrected chi connectivity index (χ2v) is 7.67. The molecule has 4 heteroatoms. The molecule has 2 rings (SSSR count). The molecule has 0 aromatic carbocycles. The van der Waals surface area contributed by atoms with Gasteiger partial charge in [0.2, 0.25) is 5.91 Å². The minimum atomic E-state index is 0.0535. The maximum Gasteiger partial charge on any atom is 0.223 e. The molecule has 2 N–H and O–H groups in total. The van der Waals surface area contributed by atoms with Crippen molar-refractivity contribution in [3.05, 3.63) is 22.4 Å². The highest BCUT2D eigenvalue weighted by Gasteiger charge is 2.34. The SMILES string of the molecule is CC(C)N(Cc1cccs1)C(=O)CC1(CN)CCCCC1. The van der Waals surface area contributed by atoms with Crippen LogP contribution in [0.2, 0.25) is 0 Å². The zero-order valence-electron chi connectivity index (χ0n) is 13.3. The van der Waals surface area contributed by atoms with Crippen molar-refractivity contribution in [2.75, 3.05) is 6.54 Å². The first-order chi connectivity index (χ1) is 10.1. The quantitative estimate of drug-likeness (QED) is 0.869. The summed E-state index contributed by atoms with van der Waals surface area (Å²) in [6.07, 6.45) is 6.57. The first kappa shape index (κ1) is 16.5. The normalized spacial score (nSPS) is 17.9. The molecule has 1 aromatic rings. The monoisotopic (exact) mass is 308 g/mol. The molecule has 1 aliphatic rings. The van der Waals surface area contributed by atoms with E-state index in [2.05, 4.69) is 25.3 Å². The Kier molecular flexibility index (Phi) is 5.82. The van der Waals surface area contributed by atoms with Gasteiger partial charge in [0.1, 0.15) is 0 Å². The lowest BCUT2D eigenvalue weighted by Crippen LogP contribution is -2.42. The van der Waals surface area contributed by atoms with Gasteiger partial charge in [-0.05, 0) is 50.1 Å². The summed E-state index contributed by atoms with van der Waals surface area (Å²) in [5.74, 6) is 0.269. The van der Waals surface area contributed by atoms with Crippen molar-refractivity contribution < 1.29 is 4.79 Å². The predicted molar refractivity (Wildman–Crippen MR) is 89.2 cm³/mol. The van der Waals surface area contributed by atoms with Crippen LogP contribution >= 0.6 is 11.3 Å². The fourth-order valence-corrected chi connectivity index (χ4v) is 4.01. The molecule has 0 spiro atoms. The number of nitrogens with two attached hydrogens (primary N) is 1. The van der Waals surface area contributed by atoms with E-state index in [1.807, 2.05) is 11.0 Å². The van der Waals surface area contributed by atoms with E-state index in [0.717, 1.165) is 19.4 Å². The second kappa shape index (κ2) is 7.41. The standard InChI is InChI=1S/C17H28N2OS/c1-14(2)19(12-15-7-6-10-21-15)16(20)11-17(13-18)8-4-3-5-9-17/h6-7,10,14H,3-5,8-9,11-13,18H2,1-2H3. The Morgan fingerprint density at radius 1 is 1.38 bits per heavy atom. The molecular weight excluding hydrogens is 280 g/mol. The third-order valence-electron chi connectivity index (χ3n) is 4.72. The summed E-state index contributed by atoms with van der Waals surface area (Å²) in [6, 6.07) is 4.39. The first-order valence-electron chi connectivity index (χ1n) is 8.08. The van der Waals surface area contributed by atoms with Crippen LogP contribution in [-0.2, 0) is 11.3 Å². The smallest absolute Gasteiger partial charge is 0.223 e. The van der Waals surface area contributed by atoms with Gasteiger partial charge in [-0.25, -0.2) is 0 Å². The van der Waals surface area contributed by atoms with Crippen molar-refractivity contribution in [2.24, 2.45) is 11.1 Å². The van der Waals surface area contributed by atoms with Crippen molar-refractivity contribution in [2.45, 2.75) is 65.0 Å². The Morgan fingerprint density at radius 3 is 2.62 bits per heavy atom. The van der Waals surface area contributed by atoms with Crippen LogP contribution in [0.3, 0.4) is 0 Å². The molecule has 0 saturated heterocycles. The number of rotatable bonds is 6. The molecule has 1 aliphatic carbocycles. The number of hydrogen-bond donors (Lipinski definition) is 1. The number of nitrogens with zero attached hydrogens (tertiary/aromatic N) is 1. The zero-order chi connectivity index (χ0) is 15.3. The van der Waals surface area contributed by atoms with Gasteiger partial charge < -0.3 is 10.6 Å². The van der Waals surface area contributed by atoms with Crippen molar-refractivity contribution in [1.82, 2.24) is 4.90 Å². The van der Waals surface area contributed by atoms with Gasteiger partial charge in [-0.15, -0.1) is 11.3 Å². The van der Waals surface area contributed by atoms with Gasteiger partial charge in [-0.3, -0.25) is 4.79 Å². The van der Waals surface area contributed by atoms with Crippen LogP contribution in [-0.4, -0.2) is 23.4 Å². The predicted octanol–water partition coefficient (Wildman–Crippen LogP) is 3.78. The minimum absolute atomic E-state index is 0.0535. The van der Waals surface area contributed by atoms with E-state index >= 15 is 0 Å². The summed E-state index contributed by atoms with van der Waals surface area (Å²) in [6.45, 7) is 5.57. The Bertz CT molecular complexity index is 436. The Hall–Kier alpha value is -0.870. The number of carbonyl (C=O) groups excluding carboxylic acids is 1. The highest BCUT2D eigenvalue weighted by atomic mass is 32.1. The molecule has 1 saturated carbocycles. The molecule has 0 atom stereocenters. The van der Waals surface area contributed by atoms with Gasteiger partial charge in [0.25, 0.3) is 0 Å². The first-order valence-corrected chi connectivity index (χ1v) is 8.96. The fourth-order valence-electron chi connectivity index (χ4n) is 3.31. The van der Waals surface area contributed by atoms with Gasteiger partial charge in [-0.2, -0.15) is 0 Å². The fraction of sp³-hybridized carbons (Fsp3) is 0.706. The Labute approximate surface area is 132 Å². The van der Waals surface area contributed by atoms with Crippen molar-refractivity contribution in [3.8, 4) is 0 Å². The van der Waals surface area contributed by atoms with E-state index in [0.29, 0.717) is 13.0 Å². The highest BCUT2D eigenvalue weighted by Crippen LogP contribution is 2.39.